The van der Waals surface area contributed by atoms with E-state index in [4.69, 9.17) is 10.5 Å². The molecule has 3 aromatic rings. The monoisotopic (exact) mass is 373 g/mol. The van der Waals surface area contributed by atoms with Crippen LogP contribution >= 0.6 is 0 Å². The first-order valence-electron chi connectivity index (χ1n) is 8.15. The lowest BCUT2D eigenvalue weighted by molar-refractivity contribution is -0.0498. The Morgan fingerprint density at radius 3 is 2.59 bits per heavy atom. The number of alkyl halides is 2. The van der Waals surface area contributed by atoms with Crippen molar-refractivity contribution in [1.82, 2.24) is 19.9 Å². The van der Waals surface area contributed by atoms with Gasteiger partial charge in [0.05, 0.1) is 18.5 Å². The van der Waals surface area contributed by atoms with E-state index in [1.54, 1.807) is 30.7 Å². The lowest BCUT2D eigenvalue weighted by Gasteiger charge is -2.12. The van der Waals surface area contributed by atoms with Gasteiger partial charge in [-0.3, -0.25) is 0 Å². The lowest BCUT2D eigenvalue weighted by atomic mass is 10.1. The van der Waals surface area contributed by atoms with Crippen molar-refractivity contribution in [1.29, 1.82) is 0 Å². The van der Waals surface area contributed by atoms with Gasteiger partial charge in [-0.1, -0.05) is 12.1 Å². The van der Waals surface area contributed by atoms with Crippen LogP contribution in [0.5, 0.6) is 11.6 Å². The third-order valence-corrected chi connectivity index (χ3v) is 3.51. The maximum atomic E-state index is 12.5. The second kappa shape index (κ2) is 8.35. The Kier molecular flexibility index (Phi) is 5.70. The SMILES string of the molecule is CCOc1ncc(Cc2cnc(N)nc2)nc1-c1cccc(OC(F)F)c1. The minimum absolute atomic E-state index is 0.0316. The fraction of sp³-hybridized carbons (Fsp3) is 0.222. The summed E-state index contributed by atoms with van der Waals surface area (Å²) in [4.78, 5) is 16.8. The van der Waals surface area contributed by atoms with Gasteiger partial charge in [0.25, 0.3) is 0 Å². The maximum Gasteiger partial charge on any atom is 0.387 e. The maximum absolute atomic E-state index is 12.5. The van der Waals surface area contributed by atoms with Gasteiger partial charge in [0.15, 0.2) is 0 Å². The normalized spacial score (nSPS) is 10.8. The lowest BCUT2D eigenvalue weighted by Crippen LogP contribution is -2.04. The summed E-state index contributed by atoms with van der Waals surface area (Å²) >= 11 is 0. The molecule has 0 spiro atoms. The molecule has 3 rings (SSSR count). The highest BCUT2D eigenvalue weighted by Crippen LogP contribution is 2.30. The van der Waals surface area contributed by atoms with E-state index in [1.165, 1.54) is 12.1 Å². The zero-order chi connectivity index (χ0) is 19.2. The molecule has 0 saturated carbocycles. The molecule has 0 saturated heterocycles. The molecule has 0 aliphatic heterocycles. The standard InChI is InChI=1S/C18H17F2N5O2/c1-2-26-16-15(12-4-3-5-14(7-12)27-17(19)20)25-13(10-22-16)6-11-8-23-18(21)24-9-11/h3-5,7-10,17H,2,6H2,1H3,(H2,21,23,24). The first kappa shape index (κ1) is 18.4. The van der Waals surface area contributed by atoms with Crippen LogP contribution in [-0.2, 0) is 6.42 Å². The molecule has 2 N–H and O–H groups in total. The summed E-state index contributed by atoms with van der Waals surface area (Å²) in [5.74, 6) is 0.529. The molecule has 7 nitrogen and oxygen atoms in total. The summed E-state index contributed by atoms with van der Waals surface area (Å²) in [6.45, 7) is -0.698. The fourth-order valence-electron chi connectivity index (χ4n) is 2.41. The van der Waals surface area contributed by atoms with E-state index in [1.807, 2.05) is 6.92 Å². The molecular formula is C18H17F2N5O2. The van der Waals surface area contributed by atoms with Crippen LogP contribution in [0.3, 0.4) is 0 Å². The topological polar surface area (TPSA) is 96.0 Å². The number of nitrogens with two attached hydrogens (primary N) is 1. The summed E-state index contributed by atoms with van der Waals surface area (Å²) in [5.41, 5.74) is 7.93. The number of hydrogen-bond acceptors (Lipinski definition) is 7. The minimum atomic E-state index is -2.91. The summed E-state index contributed by atoms with van der Waals surface area (Å²) in [5, 5.41) is 0. The first-order chi connectivity index (χ1) is 13.0. The Balaban J connectivity index is 1.95. The van der Waals surface area contributed by atoms with E-state index in [0.717, 1.165) is 5.56 Å². The first-order valence-corrected chi connectivity index (χ1v) is 8.15. The predicted molar refractivity (Wildman–Crippen MR) is 94.5 cm³/mol. The number of rotatable bonds is 7. The molecule has 0 aliphatic carbocycles. The van der Waals surface area contributed by atoms with Gasteiger partial charge in [0.1, 0.15) is 11.4 Å². The van der Waals surface area contributed by atoms with Crippen molar-refractivity contribution < 1.29 is 18.3 Å². The van der Waals surface area contributed by atoms with E-state index in [9.17, 15) is 8.78 Å². The number of aromatic nitrogens is 4. The van der Waals surface area contributed by atoms with Crippen LogP contribution in [0.2, 0.25) is 0 Å². The van der Waals surface area contributed by atoms with Crippen molar-refractivity contribution in [2.45, 2.75) is 20.0 Å². The largest absolute Gasteiger partial charge is 0.476 e. The van der Waals surface area contributed by atoms with Crippen molar-refractivity contribution in [3.8, 4) is 22.9 Å². The highest BCUT2D eigenvalue weighted by molar-refractivity contribution is 5.66. The molecule has 140 valence electrons. The van der Waals surface area contributed by atoms with Gasteiger partial charge in [-0.25, -0.2) is 19.9 Å². The summed E-state index contributed by atoms with van der Waals surface area (Å²) in [6.07, 6.45) is 5.23. The molecule has 9 heteroatoms. The summed E-state index contributed by atoms with van der Waals surface area (Å²) < 4.78 is 35.0. The van der Waals surface area contributed by atoms with Gasteiger partial charge < -0.3 is 15.2 Å². The van der Waals surface area contributed by atoms with Crippen LogP contribution in [0, 0.1) is 0 Å². The fourth-order valence-corrected chi connectivity index (χ4v) is 2.41. The molecule has 1 aromatic carbocycles. The van der Waals surface area contributed by atoms with Crippen LogP contribution in [0.4, 0.5) is 14.7 Å². The number of hydrogen-bond donors (Lipinski definition) is 1. The number of ether oxygens (including phenoxy) is 2. The summed E-state index contributed by atoms with van der Waals surface area (Å²) in [7, 11) is 0. The number of halogens is 2. The number of nitrogen functional groups attached to an aromatic ring is 1. The van der Waals surface area contributed by atoms with E-state index in [0.29, 0.717) is 35.9 Å². The zero-order valence-corrected chi connectivity index (χ0v) is 14.5. The van der Waals surface area contributed by atoms with Gasteiger partial charge in [-0.15, -0.1) is 0 Å². The van der Waals surface area contributed by atoms with Gasteiger partial charge >= 0.3 is 6.61 Å². The molecule has 27 heavy (non-hydrogen) atoms. The van der Waals surface area contributed by atoms with E-state index in [2.05, 4.69) is 24.7 Å². The third kappa shape index (κ3) is 4.84. The smallest absolute Gasteiger partial charge is 0.387 e. The Morgan fingerprint density at radius 2 is 1.89 bits per heavy atom. The minimum Gasteiger partial charge on any atom is -0.476 e. The highest BCUT2D eigenvalue weighted by atomic mass is 19.3. The molecule has 2 aromatic heterocycles. The van der Waals surface area contributed by atoms with Crippen molar-refractivity contribution >= 4 is 5.95 Å². The van der Waals surface area contributed by atoms with Crippen molar-refractivity contribution in [3.63, 3.8) is 0 Å². The highest BCUT2D eigenvalue weighted by Gasteiger charge is 2.14. The van der Waals surface area contributed by atoms with E-state index >= 15 is 0 Å². The van der Waals surface area contributed by atoms with Crippen LogP contribution in [0.1, 0.15) is 18.2 Å². The van der Waals surface area contributed by atoms with E-state index in [-0.39, 0.29) is 11.7 Å². The molecule has 0 bridgehead atoms. The molecule has 0 atom stereocenters. The molecule has 0 aliphatic rings. The molecule has 2 heterocycles. The van der Waals surface area contributed by atoms with Gasteiger partial charge in [-0.2, -0.15) is 8.78 Å². The van der Waals surface area contributed by atoms with Crippen LogP contribution in [-0.4, -0.2) is 33.2 Å². The molecular weight excluding hydrogens is 356 g/mol. The molecule has 0 unspecified atom stereocenters. The second-order valence-electron chi connectivity index (χ2n) is 5.48. The number of anilines is 1. The Bertz CT molecular complexity index is 907. The van der Waals surface area contributed by atoms with Crippen molar-refractivity contribution in [2.75, 3.05) is 12.3 Å². The Morgan fingerprint density at radius 1 is 1.11 bits per heavy atom. The number of benzene rings is 1. The van der Waals surface area contributed by atoms with Gasteiger partial charge in [-0.05, 0) is 24.6 Å². The Hall–Kier alpha value is -3.36. The second-order valence-corrected chi connectivity index (χ2v) is 5.48. The molecule has 0 fully saturated rings. The van der Waals surface area contributed by atoms with Crippen molar-refractivity contribution in [3.05, 3.63) is 54.1 Å². The molecule has 0 amide bonds. The van der Waals surface area contributed by atoms with Gasteiger partial charge in [0.2, 0.25) is 11.8 Å². The third-order valence-electron chi connectivity index (χ3n) is 3.51. The predicted octanol–water partition coefficient (Wildman–Crippen LogP) is 3.11. The van der Waals surface area contributed by atoms with Crippen LogP contribution < -0.4 is 15.2 Å². The van der Waals surface area contributed by atoms with Crippen molar-refractivity contribution in [2.24, 2.45) is 0 Å². The van der Waals surface area contributed by atoms with E-state index < -0.39 is 6.61 Å². The quantitative estimate of drug-likeness (QED) is 0.680. The van der Waals surface area contributed by atoms with Crippen LogP contribution in [0.25, 0.3) is 11.3 Å². The zero-order valence-electron chi connectivity index (χ0n) is 14.5. The van der Waals surface area contributed by atoms with Gasteiger partial charge in [0, 0.05) is 24.4 Å². The Labute approximate surface area is 154 Å². The van der Waals surface area contributed by atoms with Crippen LogP contribution in [0.15, 0.2) is 42.9 Å². The average molecular weight is 373 g/mol. The molecule has 0 radical (unpaired) electrons. The average Bonchev–Trinajstić information content (AvgIpc) is 2.65. The number of nitrogens with zero attached hydrogens (tertiary/aromatic N) is 4. The summed E-state index contributed by atoms with van der Waals surface area (Å²) in [6, 6.07) is 6.24.